The van der Waals surface area contributed by atoms with Crippen LogP contribution in [0.3, 0.4) is 0 Å². The van der Waals surface area contributed by atoms with Crippen molar-refractivity contribution < 1.29 is 29.0 Å². The first-order chi connectivity index (χ1) is 22.4. The molecule has 47 heavy (non-hydrogen) atoms. The number of phenolic OH excluding ortho intramolecular Hbond substituents is 1. The molecule has 3 fully saturated rings. The van der Waals surface area contributed by atoms with Crippen molar-refractivity contribution in [3.63, 3.8) is 0 Å². The highest BCUT2D eigenvalue weighted by Gasteiger charge is 2.68. The second-order valence-corrected chi connectivity index (χ2v) is 14.6. The average Bonchev–Trinajstić information content (AvgIpc) is 3.72. The standard InChI is InChI=1S/C35H31ClN4O6S/c1-15-19-12-16(36)8-11-25(19)47-30(15)22-14-26(39(3)38-22)40-33(44)21-13-20-17(9-10-18-27(20)32(43)37-31(18)42)29(35(21,2)34(40)45)28-23(41)6-5-7-24(28)46-4/h5-9,11-12,14,18,20-21,27,29,41H,10,13H2,1-4H3,(H,37,42,43). The van der Waals surface area contributed by atoms with Crippen LogP contribution in [-0.2, 0) is 26.2 Å². The van der Waals surface area contributed by atoms with Gasteiger partial charge >= 0.3 is 0 Å². The minimum atomic E-state index is -1.34. The number of nitrogens with one attached hydrogen (secondary N) is 1. The quantitative estimate of drug-likeness (QED) is 0.217. The molecular formula is C35H31ClN4O6S. The Hall–Kier alpha value is -4.48. The van der Waals surface area contributed by atoms with Crippen molar-refractivity contribution in [2.75, 3.05) is 12.0 Å². The van der Waals surface area contributed by atoms with Crippen molar-refractivity contribution in [1.82, 2.24) is 15.1 Å². The zero-order chi connectivity index (χ0) is 33.1. The Morgan fingerprint density at radius 2 is 1.89 bits per heavy atom. The molecule has 2 saturated heterocycles. The summed E-state index contributed by atoms with van der Waals surface area (Å²) in [6.07, 6.45) is 2.46. The number of hydrogen-bond acceptors (Lipinski definition) is 8. The number of amides is 4. The van der Waals surface area contributed by atoms with Crippen LogP contribution in [0.4, 0.5) is 5.82 Å². The molecule has 1 saturated carbocycles. The predicted molar refractivity (Wildman–Crippen MR) is 176 cm³/mol. The van der Waals surface area contributed by atoms with Crippen molar-refractivity contribution in [3.05, 3.63) is 70.3 Å². The largest absolute Gasteiger partial charge is 0.508 e. The molecule has 0 bridgehead atoms. The third-order valence-electron chi connectivity index (χ3n) is 10.9. The van der Waals surface area contributed by atoms with Crippen LogP contribution in [0.15, 0.2) is 54.1 Å². The smallest absolute Gasteiger partial charge is 0.242 e. The number of carbonyl (C=O) groups excluding carboxylic acids is 4. The van der Waals surface area contributed by atoms with Gasteiger partial charge in [-0.15, -0.1) is 11.3 Å². The van der Waals surface area contributed by atoms with Gasteiger partial charge in [-0.2, -0.15) is 5.10 Å². The number of fused-ring (bicyclic) bond motifs is 5. The molecule has 240 valence electrons. The van der Waals surface area contributed by atoms with Gasteiger partial charge in [0.05, 0.1) is 35.2 Å². The van der Waals surface area contributed by atoms with Gasteiger partial charge in [-0.3, -0.25) is 29.2 Å². The van der Waals surface area contributed by atoms with E-state index in [9.17, 15) is 24.3 Å². The van der Waals surface area contributed by atoms with Gasteiger partial charge < -0.3 is 9.84 Å². The van der Waals surface area contributed by atoms with E-state index in [1.54, 1.807) is 48.2 Å². The lowest BCUT2D eigenvalue weighted by atomic mass is 9.51. The molecule has 4 amide bonds. The summed E-state index contributed by atoms with van der Waals surface area (Å²) in [5.41, 5.74) is 1.43. The van der Waals surface area contributed by atoms with E-state index in [2.05, 4.69) is 5.32 Å². The summed E-state index contributed by atoms with van der Waals surface area (Å²) >= 11 is 7.84. The average molecular weight is 671 g/mol. The number of nitrogens with zero attached hydrogens (tertiary/aromatic N) is 3. The van der Waals surface area contributed by atoms with Crippen LogP contribution in [0, 0.1) is 36.0 Å². The Bertz CT molecular complexity index is 2120. The lowest BCUT2D eigenvalue weighted by molar-refractivity contribution is -0.131. The molecule has 12 heteroatoms. The summed E-state index contributed by atoms with van der Waals surface area (Å²) in [5.74, 6) is -4.25. The van der Waals surface area contributed by atoms with Crippen molar-refractivity contribution in [3.8, 4) is 22.1 Å². The van der Waals surface area contributed by atoms with E-state index in [0.29, 0.717) is 34.3 Å². The molecule has 4 aromatic rings. The van der Waals surface area contributed by atoms with Gasteiger partial charge in [0.25, 0.3) is 0 Å². The number of aromatic nitrogens is 2. The molecule has 6 atom stereocenters. The fourth-order valence-electron chi connectivity index (χ4n) is 8.67. The zero-order valence-electron chi connectivity index (χ0n) is 26.0. The Labute approximate surface area is 278 Å². The van der Waals surface area contributed by atoms with Gasteiger partial charge in [0, 0.05) is 34.3 Å². The lowest BCUT2D eigenvalue weighted by Gasteiger charge is -2.49. The number of aryl methyl sites for hydroxylation is 2. The molecule has 2 aliphatic heterocycles. The molecule has 4 aliphatic rings. The van der Waals surface area contributed by atoms with Crippen LogP contribution in [0.5, 0.6) is 11.5 Å². The number of benzene rings is 2. The minimum Gasteiger partial charge on any atom is -0.508 e. The van der Waals surface area contributed by atoms with Crippen LogP contribution >= 0.6 is 22.9 Å². The minimum absolute atomic E-state index is 0.0770. The van der Waals surface area contributed by atoms with Crippen LogP contribution in [0.25, 0.3) is 20.7 Å². The van der Waals surface area contributed by atoms with Gasteiger partial charge in [0.15, 0.2) is 0 Å². The summed E-state index contributed by atoms with van der Waals surface area (Å²) in [4.78, 5) is 57.5. The molecular weight excluding hydrogens is 640 g/mol. The number of imide groups is 2. The van der Waals surface area contributed by atoms with Gasteiger partial charge in [0.2, 0.25) is 23.6 Å². The van der Waals surface area contributed by atoms with E-state index in [4.69, 9.17) is 21.4 Å². The molecule has 2 N–H and O–H groups in total. The summed E-state index contributed by atoms with van der Waals surface area (Å²) in [7, 11) is 3.19. The number of rotatable bonds is 4. The first-order valence-electron chi connectivity index (χ1n) is 15.5. The highest BCUT2D eigenvalue weighted by molar-refractivity contribution is 7.22. The monoisotopic (exact) mass is 670 g/mol. The van der Waals surface area contributed by atoms with E-state index in [0.717, 1.165) is 26.1 Å². The molecule has 0 radical (unpaired) electrons. The highest BCUT2D eigenvalue weighted by atomic mass is 35.5. The number of halogens is 1. The van der Waals surface area contributed by atoms with Gasteiger partial charge in [-0.05, 0) is 73.9 Å². The molecule has 6 unspecified atom stereocenters. The molecule has 8 rings (SSSR count). The van der Waals surface area contributed by atoms with Gasteiger partial charge in [-0.1, -0.05) is 29.3 Å². The number of ether oxygens (including phenoxy) is 1. The summed E-state index contributed by atoms with van der Waals surface area (Å²) in [5, 5.41) is 20.2. The molecule has 4 heterocycles. The lowest BCUT2D eigenvalue weighted by Crippen LogP contribution is -2.49. The fraction of sp³-hybridized carbons (Fsp3) is 0.343. The van der Waals surface area contributed by atoms with Crippen molar-refractivity contribution in [2.24, 2.45) is 36.1 Å². The van der Waals surface area contributed by atoms with Gasteiger partial charge in [-0.25, -0.2) is 4.90 Å². The van der Waals surface area contributed by atoms with Crippen LogP contribution in [0.2, 0.25) is 5.02 Å². The first-order valence-corrected chi connectivity index (χ1v) is 16.7. The fourth-order valence-corrected chi connectivity index (χ4v) is 9.99. The van der Waals surface area contributed by atoms with E-state index in [1.807, 2.05) is 31.2 Å². The Morgan fingerprint density at radius 1 is 1.11 bits per heavy atom. The van der Waals surface area contributed by atoms with Crippen molar-refractivity contribution in [2.45, 2.75) is 32.6 Å². The maximum atomic E-state index is 14.9. The maximum absolute atomic E-state index is 14.9. The highest BCUT2D eigenvalue weighted by Crippen LogP contribution is 2.65. The molecule has 2 aromatic heterocycles. The van der Waals surface area contributed by atoms with E-state index >= 15 is 0 Å². The number of carbonyl (C=O) groups is 4. The summed E-state index contributed by atoms with van der Waals surface area (Å²) < 4.78 is 8.30. The topological polar surface area (TPSA) is 131 Å². The number of thiophene rings is 1. The van der Waals surface area contributed by atoms with E-state index in [1.165, 1.54) is 18.1 Å². The normalized spacial score (nSPS) is 28.3. The Balaban J connectivity index is 1.28. The maximum Gasteiger partial charge on any atom is 0.242 e. The van der Waals surface area contributed by atoms with E-state index in [-0.39, 0.29) is 24.0 Å². The third kappa shape index (κ3) is 3.99. The molecule has 2 aromatic carbocycles. The summed E-state index contributed by atoms with van der Waals surface area (Å²) in [6.45, 7) is 3.77. The number of phenols is 1. The number of allylic oxidation sites excluding steroid dienone is 2. The molecule has 2 aliphatic carbocycles. The number of methoxy groups -OCH3 is 1. The number of anilines is 1. The van der Waals surface area contributed by atoms with Crippen LogP contribution in [-0.4, -0.2) is 45.6 Å². The van der Waals surface area contributed by atoms with Crippen LogP contribution < -0.4 is 15.0 Å². The first kappa shape index (κ1) is 29.9. The zero-order valence-corrected chi connectivity index (χ0v) is 27.6. The summed E-state index contributed by atoms with van der Waals surface area (Å²) in [6, 6.07) is 12.4. The SMILES string of the molecule is COc1cccc(O)c1C1C2=CCC3C(=O)NC(=O)C3C2CC2C(=O)N(c3cc(-c4sc5ccc(Cl)cc5c4C)nn3C)C(=O)C21C. The molecule has 10 nitrogen and oxygen atoms in total. The van der Waals surface area contributed by atoms with Crippen molar-refractivity contribution in [1.29, 1.82) is 0 Å². The predicted octanol–water partition coefficient (Wildman–Crippen LogP) is 5.50. The number of aromatic hydroxyl groups is 1. The second kappa shape index (κ2) is 10.3. The molecule has 0 spiro atoms. The number of hydrogen-bond donors (Lipinski definition) is 2. The third-order valence-corrected chi connectivity index (χ3v) is 12.4. The van der Waals surface area contributed by atoms with Crippen LogP contribution in [0.1, 0.15) is 36.8 Å². The van der Waals surface area contributed by atoms with Gasteiger partial charge in [0.1, 0.15) is 23.0 Å². The van der Waals surface area contributed by atoms with E-state index < -0.39 is 46.8 Å². The van der Waals surface area contributed by atoms with Crippen molar-refractivity contribution >= 4 is 62.5 Å². The second-order valence-electron chi connectivity index (χ2n) is 13.1. The Morgan fingerprint density at radius 3 is 2.66 bits per heavy atom. The Kier molecular flexibility index (Phi) is 6.52.